The van der Waals surface area contributed by atoms with Crippen molar-refractivity contribution in [2.45, 2.75) is 19.9 Å². The molecule has 2 aromatic rings. The predicted molar refractivity (Wildman–Crippen MR) is 95.6 cm³/mol. The molecule has 1 aromatic heterocycles. The van der Waals surface area contributed by atoms with Gasteiger partial charge in [-0.25, -0.2) is 0 Å². The molecule has 0 radical (unpaired) electrons. The van der Waals surface area contributed by atoms with Crippen LogP contribution in [0.25, 0.3) is 0 Å². The quantitative estimate of drug-likeness (QED) is 0.675. The lowest BCUT2D eigenvalue weighted by atomic mass is 10.2. The first-order chi connectivity index (χ1) is 11.5. The van der Waals surface area contributed by atoms with Crippen LogP contribution in [-0.2, 0) is 9.59 Å². The van der Waals surface area contributed by atoms with Crippen LogP contribution in [0.4, 0.5) is 5.69 Å². The first kappa shape index (κ1) is 18.2. The topological polar surface area (TPSA) is 83.4 Å². The number of hydrogen-bond donors (Lipinski definition) is 3. The van der Waals surface area contributed by atoms with Crippen molar-refractivity contribution in [2.24, 2.45) is 0 Å². The molecule has 3 N–H and O–H groups in total. The van der Waals surface area contributed by atoms with E-state index in [-0.39, 0.29) is 30.9 Å². The highest BCUT2D eigenvalue weighted by Crippen LogP contribution is 2.19. The van der Waals surface area contributed by atoms with Crippen LogP contribution in [0.1, 0.15) is 24.3 Å². The average Bonchev–Trinajstić information content (AvgIpc) is 3.08. The molecule has 0 aliphatic heterocycles. The van der Waals surface area contributed by atoms with Crippen LogP contribution in [0, 0.1) is 6.92 Å². The lowest BCUT2D eigenvalue weighted by molar-refractivity contribution is -0.123. The fraction of sp³-hybridized carbons (Fsp3) is 0.294. The molecule has 7 heteroatoms. The van der Waals surface area contributed by atoms with Gasteiger partial charge < -0.3 is 15.1 Å². The van der Waals surface area contributed by atoms with Gasteiger partial charge in [0.05, 0.1) is 25.4 Å². The molecule has 1 heterocycles. The zero-order chi connectivity index (χ0) is 17.5. The summed E-state index contributed by atoms with van der Waals surface area (Å²) in [6.45, 7) is 3.83. The van der Waals surface area contributed by atoms with Crippen LogP contribution in [0.5, 0.6) is 0 Å². The number of hydrogen-bond acceptors (Lipinski definition) is 4. The van der Waals surface area contributed by atoms with Gasteiger partial charge in [0.2, 0.25) is 11.8 Å². The predicted octanol–water partition coefficient (Wildman–Crippen LogP) is 2.76. The van der Waals surface area contributed by atoms with Gasteiger partial charge in [-0.05, 0) is 49.7 Å². The van der Waals surface area contributed by atoms with E-state index in [1.165, 1.54) is 0 Å². The number of furan rings is 1. The smallest absolute Gasteiger partial charge is 0.243 e. The first-order valence-electron chi connectivity index (χ1n) is 7.55. The van der Waals surface area contributed by atoms with Gasteiger partial charge in [0.25, 0.3) is 0 Å². The Balaban J connectivity index is 1.72. The highest BCUT2D eigenvalue weighted by Gasteiger charge is 2.11. The van der Waals surface area contributed by atoms with Gasteiger partial charge in [0.1, 0.15) is 5.76 Å². The zero-order valence-corrected chi connectivity index (χ0v) is 15.1. The molecular formula is C17H20BrN3O3. The van der Waals surface area contributed by atoms with E-state index in [0.29, 0.717) is 0 Å². The first-order valence-corrected chi connectivity index (χ1v) is 8.34. The molecule has 2 rings (SSSR count). The largest absolute Gasteiger partial charge is 0.468 e. The molecule has 0 bridgehead atoms. The lowest BCUT2D eigenvalue weighted by Gasteiger charge is -2.12. The summed E-state index contributed by atoms with van der Waals surface area (Å²) in [4.78, 5) is 23.7. The Bertz CT molecular complexity index is 701. The van der Waals surface area contributed by atoms with E-state index in [1.807, 2.05) is 38.1 Å². The standard InChI is InChI=1S/C17H20BrN3O3/c1-11-8-13(18)5-6-14(11)21-17(23)10-20-16(22)9-19-12(2)15-4-3-7-24-15/h3-8,12,19H,9-10H2,1-2H3,(H,20,22)(H,21,23)/t12-/m0/s1. The number of benzene rings is 1. The van der Waals surface area contributed by atoms with Crippen molar-refractivity contribution in [2.75, 3.05) is 18.4 Å². The summed E-state index contributed by atoms with van der Waals surface area (Å²) in [6, 6.07) is 9.12. The monoisotopic (exact) mass is 393 g/mol. The highest BCUT2D eigenvalue weighted by molar-refractivity contribution is 9.10. The minimum absolute atomic E-state index is 0.0782. The molecule has 0 spiro atoms. The molecule has 0 unspecified atom stereocenters. The normalized spacial score (nSPS) is 11.8. The third kappa shape index (κ3) is 5.50. The summed E-state index contributed by atoms with van der Waals surface area (Å²) < 4.78 is 6.20. The fourth-order valence-electron chi connectivity index (χ4n) is 2.09. The SMILES string of the molecule is Cc1cc(Br)ccc1NC(=O)CNC(=O)CN[C@@H](C)c1ccco1. The van der Waals surface area contributed by atoms with Crippen molar-refractivity contribution >= 4 is 33.4 Å². The maximum atomic E-state index is 11.9. The van der Waals surface area contributed by atoms with Crippen LogP contribution in [0.3, 0.4) is 0 Å². The van der Waals surface area contributed by atoms with Gasteiger partial charge in [0.15, 0.2) is 0 Å². The molecule has 1 aromatic carbocycles. The average molecular weight is 394 g/mol. The van der Waals surface area contributed by atoms with E-state index < -0.39 is 0 Å². The molecule has 2 amide bonds. The van der Waals surface area contributed by atoms with Gasteiger partial charge in [0, 0.05) is 10.2 Å². The molecule has 24 heavy (non-hydrogen) atoms. The molecule has 0 saturated heterocycles. The maximum Gasteiger partial charge on any atom is 0.243 e. The van der Waals surface area contributed by atoms with Crippen molar-refractivity contribution in [3.05, 3.63) is 52.4 Å². The molecule has 1 atom stereocenters. The van der Waals surface area contributed by atoms with Crippen molar-refractivity contribution in [3.8, 4) is 0 Å². The Hall–Kier alpha value is -2.12. The number of carbonyl (C=O) groups is 2. The second-order valence-corrected chi connectivity index (χ2v) is 6.32. The van der Waals surface area contributed by atoms with E-state index in [0.717, 1.165) is 21.5 Å². The summed E-state index contributed by atoms with van der Waals surface area (Å²) >= 11 is 3.37. The molecular weight excluding hydrogens is 374 g/mol. The van der Waals surface area contributed by atoms with Crippen LogP contribution < -0.4 is 16.0 Å². The Morgan fingerprint density at radius 1 is 1.21 bits per heavy atom. The molecule has 0 fully saturated rings. The summed E-state index contributed by atoms with van der Waals surface area (Å²) in [6.07, 6.45) is 1.59. The second-order valence-electron chi connectivity index (χ2n) is 5.40. The van der Waals surface area contributed by atoms with Crippen molar-refractivity contribution < 1.29 is 14.0 Å². The highest BCUT2D eigenvalue weighted by atomic mass is 79.9. The van der Waals surface area contributed by atoms with Crippen LogP contribution in [0.15, 0.2) is 45.5 Å². The number of nitrogens with one attached hydrogen (secondary N) is 3. The van der Waals surface area contributed by atoms with Gasteiger partial charge in [-0.2, -0.15) is 0 Å². The summed E-state index contributed by atoms with van der Waals surface area (Å²) in [5, 5.41) is 8.38. The van der Waals surface area contributed by atoms with Crippen LogP contribution in [-0.4, -0.2) is 24.9 Å². The fourth-order valence-corrected chi connectivity index (χ4v) is 2.56. The molecule has 6 nitrogen and oxygen atoms in total. The Morgan fingerprint density at radius 2 is 2.00 bits per heavy atom. The third-order valence-electron chi connectivity index (χ3n) is 3.45. The summed E-state index contributed by atoms with van der Waals surface area (Å²) in [5.74, 6) is 0.232. The van der Waals surface area contributed by atoms with Gasteiger partial charge in [-0.3, -0.25) is 14.9 Å². The molecule has 0 saturated carbocycles. The number of aryl methyl sites for hydroxylation is 1. The van der Waals surface area contributed by atoms with Crippen molar-refractivity contribution in [1.82, 2.24) is 10.6 Å². The van der Waals surface area contributed by atoms with Crippen molar-refractivity contribution in [1.29, 1.82) is 0 Å². The number of anilines is 1. The molecule has 128 valence electrons. The summed E-state index contributed by atoms with van der Waals surface area (Å²) in [5.41, 5.74) is 1.67. The van der Waals surface area contributed by atoms with Gasteiger partial charge in [-0.1, -0.05) is 15.9 Å². The number of carbonyl (C=O) groups excluding carboxylic acids is 2. The van der Waals surface area contributed by atoms with E-state index in [1.54, 1.807) is 12.3 Å². The Kier molecular flexibility index (Phi) is 6.57. The molecule has 0 aliphatic rings. The second kappa shape index (κ2) is 8.65. The molecule has 0 aliphatic carbocycles. The van der Waals surface area contributed by atoms with Crippen LogP contribution in [0.2, 0.25) is 0 Å². The number of halogens is 1. The summed E-state index contributed by atoms with van der Waals surface area (Å²) in [7, 11) is 0. The van der Waals surface area contributed by atoms with E-state index >= 15 is 0 Å². The Morgan fingerprint density at radius 3 is 2.67 bits per heavy atom. The van der Waals surface area contributed by atoms with Crippen LogP contribution >= 0.6 is 15.9 Å². The van der Waals surface area contributed by atoms with Crippen molar-refractivity contribution in [3.63, 3.8) is 0 Å². The van der Waals surface area contributed by atoms with E-state index in [4.69, 9.17) is 4.42 Å². The third-order valence-corrected chi connectivity index (χ3v) is 3.94. The van der Waals surface area contributed by atoms with E-state index in [9.17, 15) is 9.59 Å². The lowest BCUT2D eigenvalue weighted by Crippen LogP contribution is -2.39. The number of amides is 2. The number of rotatable bonds is 7. The van der Waals surface area contributed by atoms with Gasteiger partial charge in [-0.15, -0.1) is 0 Å². The zero-order valence-electron chi connectivity index (χ0n) is 13.6. The van der Waals surface area contributed by atoms with E-state index in [2.05, 4.69) is 31.9 Å². The minimum atomic E-state index is -0.271. The van der Waals surface area contributed by atoms with Gasteiger partial charge >= 0.3 is 0 Å². The maximum absolute atomic E-state index is 11.9. The Labute approximate surface area is 149 Å². The minimum Gasteiger partial charge on any atom is -0.468 e.